The molecule has 0 bridgehead atoms. The van der Waals surface area contributed by atoms with Crippen LogP contribution in [0.25, 0.3) is 0 Å². The van der Waals surface area contributed by atoms with Gasteiger partial charge in [-0.05, 0) is 44.0 Å². The number of nitrogens with one attached hydrogen (secondary N) is 2. The Morgan fingerprint density at radius 2 is 1.64 bits per heavy atom. The first-order valence-corrected chi connectivity index (χ1v) is 11.5. The Balaban J connectivity index is 1.82. The number of H-pyrrole nitrogens is 1. The van der Waals surface area contributed by atoms with Crippen LogP contribution in [0.4, 0.5) is 0 Å². The summed E-state index contributed by atoms with van der Waals surface area (Å²) in [6, 6.07) is 11.1. The van der Waals surface area contributed by atoms with E-state index in [4.69, 9.17) is 18.6 Å². The summed E-state index contributed by atoms with van der Waals surface area (Å²) in [7, 11) is 0. The molecule has 0 unspecified atom stereocenters. The lowest BCUT2D eigenvalue weighted by Gasteiger charge is -2.17. The van der Waals surface area contributed by atoms with Crippen molar-refractivity contribution in [3.63, 3.8) is 0 Å². The van der Waals surface area contributed by atoms with E-state index in [1.54, 1.807) is 26.8 Å². The van der Waals surface area contributed by atoms with E-state index < -0.39 is 29.9 Å². The molecule has 2 heterocycles. The third-order valence-corrected chi connectivity index (χ3v) is 5.26. The summed E-state index contributed by atoms with van der Waals surface area (Å²) in [5.74, 6) is -2.58. The molecule has 0 aliphatic carbocycles. The lowest BCUT2D eigenvalue weighted by molar-refractivity contribution is -0.147. The molecule has 0 fully saturated rings. The van der Waals surface area contributed by atoms with E-state index in [0.717, 1.165) is 5.56 Å². The SMILES string of the molecule is CCOC(=O)c1[nH]c(COC(=O)[C@@H](Cc2ccccc2)NC(=O)c2ccco2)c(C(=O)OCC)c1C. The Hall–Kier alpha value is -4.34. The number of benzene rings is 1. The Morgan fingerprint density at radius 3 is 2.28 bits per heavy atom. The lowest BCUT2D eigenvalue weighted by atomic mass is 10.1. The molecule has 0 saturated carbocycles. The van der Waals surface area contributed by atoms with Crippen molar-refractivity contribution in [1.29, 1.82) is 0 Å². The Labute approximate surface area is 207 Å². The van der Waals surface area contributed by atoms with Crippen LogP contribution in [0.2, 0.25) is 0 Å². The number of rotatable bonds is 11. The molecule has 3 aromatic rings. The highest BCUT2D eigenvalue weighted by Crippen LogP contribution is 2.22. The molecular formula is C26H28N2O8. The topological polar surface area (TPSA) is 137 Å². The first-order valence-electron chi connectivity index (χ1n) is 11.5. The zero-order valence-electron chi connectivity index (χ0n) is 20.3. The van der Waals surface area contributed by atoms with Gasteiger partial charge in [-0.3, -0.25) is 4.79 Å². The number of hydrogen-bond donors (Lipinski definition) is 2. The first kappa shape index (κ1) is 26.3. The van der Waals surface area contributed by atoms with E-state index in [2.05, 4.69) is 10.3 Å². The minimum Gasteiger partial charge on any atom is -0.462 e. The molecule has 3 rings (SSSR count). The fraction of sp³-hybridized carbons (Fsp3) is 0.308. The van der Waals surface area contributed by atoms with Gasteiger partial charge in [0.25, 0.3) is 5.91 Å². The van der Waals surface area contributed by atoms with Crippen LogP contribution >= 0.6 is 0 Å². The Kier molecular flexibility index (Phi) is 9.04. The van der Waals surface area contributed by atoms with Crippen molar-refractivity contribution in [2.24, 2.45) is 0 Å². The third kappa shape index (κ3) is 6.41. The molecule has 190 valence electrons. The van der Waals surface area contributed by atoms with Gasteiger partial charge in [0.2, 0.25) is 0 Å². The van der Waals surface area contributed by atoms with Crippen LogP contribution in [0.3, 0.4) is 0 Å². The summed E-state index contributed by atoms with van der Waals surface area (Å²) in [5, 5.41) is 2.63. The van der Waals surface area contributed by atoms with E-state index in [-0.39, 0.29) is 49.0 Å². The maximum absolute atomic E-state index is 13.1. The quantitative estimate of drug-likeness (QED) is 0.305. The number of hydrogen-bond acceptors (Lipinski definition) is 8. The number of aromatic amines is 1. The first-order chi connectivity index (χ1) is 17.3. The smallest absolute Gasteiger partial charge is 0.355 e. The predicted molar refractivity (Wildman–Crippen MR) is 127 cm³/mol. The molecule has 1 atom stereocenters. The molecule has 1 aromatic carbocycles. The molecule has 0 aliphatic heterocycles. The van der Waals surface area contributed by atoms with Crippen LogP contribution in [0.15, 0.2) is 53.1 Å². The lowest BCUT2D eigenvalue weighted by Crippen LogP contribution is -2.43. The van der Waals surface area contributed by atoms with E-state index >= 15 is 0 Å². The minimum absolute atomic E-state index is 0.0459. The van der Waals surface area contributed by atoms with Crippen molar-refractivity contribution in [1.82, 2.24) is 10.3 Å². The van der Waals surface area contributed by atoms with E-state index in [9.17, 15) is 19.2 Å². The monoisotopic (exact) mass is 496 g/mol. The second kappa shape index (κ2) is 12.4. The zero-order chi connectivity index (χ0) is 26.1. The highest BCUT2D eigenvalue weighted by atomic mass is 16.5. The second-order valence-corrected chi connectivity index (χ2v) is 7.72. The largest absolute Gasteiger partial charge is 0.462 e. The number of carbonyl (C=O) groups excluding carboxylic acids is 4. The van der Waals surface area contributed by atoms with Gasteiger partial charge in [-0.15, -0.1) is 0 Å². The molecule has 0 saturated heterocycles. The standard InChI is InChI=1S/C26H28N2O8/c1-4-33-25(31)21-16(3)22(26(32)34-5-2)27-19(21)15-36-24(30)18(14-17-10-7-6-8-11-17)28-23(29)20-12-9-13-35-20/h6-13,18,27H,4-5,14-15H2,1-3H3,(H,28,29)/t18-/m1/s1. The maximum atomic E-state index is 13.1. The van der Waals surface area contributed by atoms with Gasteiger partial charge in [0.05, 0.1) is 30.7 Å². The van der Waals surface area contributed by atoms with Gasteiger partial charge in [0.15, 0.2) is 5.76 Å². The summed E-state index contributed by atoms with van der Waals surface area (Å²) in [4.78, 5) is 53.4. The van der Waals surface area contributed by atoms with E-state index in [1.807, 2.05) is 30.3 Å². The van der Waals surface area contributed by atoms with Crippen LogP contribution in [0.5, 0.6) is 0 Å². The molecule has 36 heavy (non-hydrogen) atoms. The summed E-state index contributed by atoms with van der Waals surface area (Å²) in [6.07, 6.45) is 1.51. The highest BCUT2D eigenvalue weighted by molar-refractivity contribution is 5.98. The minimum atomic E-state index is -1.04. The third-order valence-electron chi connectivity index (χ3n) is 5.26. The van der Waals surface area contributed by atoms with Crippen LogP contribution in [-0.4, -0.2) is 48.1 Å². The Bertz CT molecular complexity index is 1200. The van der Waals surface area contributed by atoms with Gasteiger partial charge in [-0.1, -0.05) is 30.3 Å². The number of furan rings is 1. The molecule has 0 spiro atoms. The molecule has 0 aliphatic rings. The summed E-state index contributed by atoms with van der Waals surface area (Å²) in [5.41, 5.74) is 1.46. The van der Waals surface area contributed by atoms with Crippen LogP contribution < -0.4 is 5.32 Å². The van der Waals surface area contributed by atoms with Crippen LogP contribution in [0.1, 0.15) is 62.1 Å². The highest BCUT2D eigenvalue weighted by Gasteiger charge is 2.28. The molecular weight excluding hydrogens is 468 g/mol. The number of esters is 3. The van der Waals surface area contributed by atoms with Gasteiger partial charge in [-0.25, -0.2) is 14.4 Å². The number of amides is 1. The number of ether oxygens (including phenoxy) is 3. The molecule has 10 heteroatoms. The van der Waals surface area contributed by atoms with Gasteiger partial charge in [-0.2, -0.15) is 0 Å². The predicted octanol–water partition coefficient (Wildman–Crippen LogP) is 3.35. The van der Waals surface area contributed by atoms with Gasteiger partial charge in [0, 0.05) is 6.42 Å². The zero-order valence-corrected chi connectivity index (χ0v) is 20.3. The van der Waals surface area contributed by atoms with Crippen molar-refractivity contribution in [2.75, 3.05) is 13.2 Å². The fourth-order valence-corrected chi connectivity index (χ4v) is 3.58. The summed E-state index contributed by atoms with van der Waals surface area (Å²) in [6.45, 7) is 4.79. The van der Waals surface area contributed by atoms with Crippen molar-refractivity contribution < 1.29 is 37.8 Å². The average molecular weight is 497 g/mol. The molecule has 2 aromatic heterocycles. The van der Waals surface area contributed by atoms with E-state index in [0.29, 0.717) is 5.56 Å². The van der Waals surface area contributed by atoms with Crippen LogP contribution in [0, 0.1) is 6.92 Å². The van der Waals surface area contributed by atoms with Gasteiger partial charge >= 0.3 is 17.9 Å². The van der Waals surface area contributed by atoms with Crippen molar-refractivity contribution in [3.05, 3.63) is 82.6 Å². The molecule has 2 N–H and O–H groups in total. The second-order valence-electron chi connectivity index (χ2n) is 7.72. The fourth-order valence-electron chi connectivity index (χ4n) is 3.58. The Morgan fingerprint density at radius 1 is 0.944 bits per heavy atom. The van der Waals surface area contributed by atoms with Crippen molar-refractivity contribution in [2.45, 2.75) is 39.8 Å². The molecule has 0 radical (unpaired) electrons. The summed E-state index contributed by atoms with van der Waals surface area (Å²) < 4.78 is 20.7. The number of carbonyl (C=O) groups is 4. The van der Waals surface area contributed by atoms with Crippen LogP contribution in [-0.2, 0) is 32.0 Å². The normalized spacial score (nSPS) is 11.4. The number of aromatic nitrogens is 1. The van der Waals surface area contributed by atoms with Gasteiger partial charge < -0.3 is 28.9 Å². The van der Waals surface area contributed by atoms with Crippen molar-refractivity contribution in [3.8, 4) is 0 Å². The molecule has 10 nitrogen and oxygen atoms in total. The average Bonchev–Trinajstić information content (AvgIpc) is 3.51. The van der Waals surface area contributed by atoms with Crippen molar-refractivity contribution >= 4 is 23.8 Å². The summed E-state index contributed by atoms with van der Waals surface area (Å²) >= 11 is 0. The maximum Gasteiger partial charge on any atom is 0.355 e. The van der Waals surface area contributed by atoms with E-state index in [1.165, 1.54) is 12.3 Å². The van der Waals surface area contributed by atoms with Gasteiger partial charge in [0.1, 0.15) is 18.3 Å². The molecule has 1 amide bonds.